The lowest BCUT2D eigenvalue weighted by Crippen LogP contribution is -2.45. The van der Waals surface area contributed by atoms with Gasteiger partial charge in [0, 0.05) is 18.5 Å². The van der Waals surface area contributed by atoms with E-state index in [9.17, 15) is 8.78 Å². The van der Waals surface area contributed by atoms with Gasteiger partial charge in [0.1, 0.15) is 0 Å². The molecule has 0 atom stereocenters. The molecule has 2 saturated heterocycles. The van der Waals surface area contributed by atoms with Gasteiger partial charge in [-0.05, 0) is 110 Å². The topological polar surface area (TPSA) is 6.48 Å². The smallest absolute Gasteiger partial charge is 0.260 e. The molecule has 0 aromatic carbocycles. The number of hydrogen-bond donors (Lipinski definition) is 0. The molecule has 3 aliphatic rings. The fourth-order valence-electron chi connectivity index (χ4n) is 4.84. The largest absolute Gasteiger partial charge is 0.301 e. The normalized spacial score (nSPS) is 21.3. The van der Waals surface area contributed by atoms with E-state index in [0.717, 1.165) is 18.5 Å². The zero-order chi connectivity index (χ0) is 28.5. The van der Waals surface area contributed by atoms with E-state index in [-0.39, 0.29) is 19.0 Å². The average molecular weight is 527 g/mol. The highest BCUT2D eigenvalue weighted by molar-refractivity contribution is 5.09. The Labute approximate surface area is 231 Å². The standard InChI is InChI=1S/C10H21N.C8H15F2N.C8H14.C7H14/c1-9(2)11-7-5-10(3,4)6-8-11;1-7(2)11-5-3-4-8(9,10)6-11;1-7(2)8-5-3-4-6-8;1-3-5-7-6-4-2/h9H,5-8H2,1-4H3;7H,3-6H2,1-2H3;5,7H,3-4,6H2,1-2H3;3H,1,4-7H2,2H3. The van der Waals surface area contributed by atoms with Crippen LogP contribution in [0.15, 0.2) is 24.3 Å². The van der Waals surface area contributed by atoms with Crippen molar-refractivity contribution in [2.75, 3.05) is 26.2 Å². The third kappa shape index (κ3) is 18.2. The summed E-state index contributed by atoms with van der Waals surface area (Å²) < 4.78 is 25.5. The van der Waals surface area contributed by atoms with Crippen LogP contribution in [0.3, 0.4) is 0 Å². The van der Waals surface area contributed by atoms with Gasteiger partial charge in [-0.1, -0.05) is 65.2 Å². The first kappa shape index (κ1) is 36.3. The first-order chi connectivity index (χ1) is 17.2. The zero-order valence-corrected chi connectivity index (χ0v) is 26.4. The van der Waals surface area contributed by atoms with Gasteiger partial charge >= 0.3 is 0 Å². The Bertz CT molecular complexity index is 597. The zero-order valence-electron chi connectivity index (χ0n) is 26.4. The summed E-state index contributed by atoms with van der Waals surface area (Å²) in [5.74, 6) is -1.64. The Morgan fingerprint density at radius 3 is 1.84 bits per heavy atom. The molecule has 0 amide bonds. The van der Waals surface area contributed by atoms with E-state index in [1.54, 1.807) is 5.57 Å². The SMILES string of the molecule is C=CCCCCC.CC(C)C1=CCCC1.CC(C)N1CCC(C)(C)CC1.CC(C)N1CCCC(F)(F)C1. The lowest BCUT2D eigenvalue weighted by atomic mass is 9.82. The molecule has 1 aliphatic carbocycles. The third-order valence-corrected chi connectivity index (χ3v) is 7.86. The molecule has 0 saturated carbocycles. The first-order valence-corrected chi connectivity index (χ1v) is 15.4. The van der Waals surface area contributed by atoms with Gasteiger partial charge in [0.2, 0.25) is 0 Å². The van der Waals surface area contributed by atoms with Crippen molar-refractivity contribution in [3.63, 3.8) is 0 Å². The van der Waals surface area contributed by atoms with Gasteiger partial charge in [0.05, 0.1) is 6.54 Å². The number of nitrogens with zero attached hydrogens (tertiary/aromatic N) is 2. The minimum absolute atomic E-state index is 0.0509. The van der Waals surface area contributed by atoms with Crippen molar-refractivity contribution in [2.24, 2.45) is 11.3 Å². The fourth-order valence-corrected chi connectivity index (χ4v) is 4.84. The molecule has 0 N–H and O–H groups in total. The second-order valence-corrected chi connectivity index (χ2v) is 12.9. The molecule has 3 rings (SSSR count). The van der Waals surface area contributed by atoms with Gasteiger partial charge in [-0.25, -0.2) is 8.78 Å². The molecule has 2 aliphatic heterocycles. The van der Waals surface area contributed by atoms with Crippen LogP contribution in [0, 0.1) is 11.3 Å². The summed E-state index contributed by atoms with van der Waals surface area (Å²) in [4.78, 5) is 4.41. The fraction of sp³-hybridized carbons (Fsp3) is 0.879. The van der Waals surface area contributed by atoms with Crippen molar-refractivity contribution in [1.29, 1.82) is 0 Å². The van der Waals surface area contributed by atoms with Gasteiger partial charge in [0.25, 0.3) is 5.92 Å². The highest BCUT2D eigenvalue weighted by Crippen LogP contribution is 2.30. The van der Waals surface area contributed by atoms with Gasteiger partial charge in [0.15, 0.2) is 0 Å². The summed E-state index contributed by atoms with van der Waals surface area (Å²) in [5.41, 5.74) is 2.27. The van der Waals surface area contributed by atoms with Gasteiger partial charge < -0.3 is 4.90 Å². The Morgan fingerprint density at radius 2 is 1.49 bits per heavy atom. The maximum absolute atomic E-state index is 12.8. The molecule has 0 bridgehead atoms. The Hall–Kier alpha value is -0.740. The maximum atomic E-state index is 12.8. The number of rotatable bonds is 7. The van der Waals surface area contributed by atoms with Crippen molar-refractivity contribution in [2.45, 2.75) is 151 Å². The van der Waals surface area contributed by atoms with Crippen molar-refractivity contribution in [3.8, 4) is 0 Å². The van der Waals surface area contributed by atoms with Crippen LogP contribution in [-0.2, 0) is 0 Å². The van der Waals surface area contributed by atoms with Crippen LogP contribution in [0.4, 0.5) is 8.78 Å². The second kappa shape index (κ2) is 19.3. The number of likely N-dealkylation sites (tertiary alicyclic amines) is 2. The average Bonchev–Trinajstić information content (AvgIpc) is 3.35. The summed E-state index contributed by atoms with van der Waals surface area (Å²) in [6.45, 7) is 27.0. The molecule has 2 heterocycles. The summed E-state index contributed by atoms with van der Waals surface area (Å²) in [7, 11) is 0. The lowest BCUT2D eigenvalue weighted by Gasteiger charge is -2.38. The van der Waals surface area contributed by atoms with Gasteiger partial charge in [-0.2, -0.15) is 0 Å². The number of hydrogen-bond acceptors (Lipinski definition) is 2. The van der Waals surface area contributed by atoms with Crippen molar-refractivity contribution >= 4 is 0 Å². The predicted octanol–water partition coefficient (Wildman–Crippen LogP) is 10.1. The van der Waals surface area contributed by atoms with Crippen molar-refractivity contribution in [1.82, 2.24) is 9.80 Å². The van der Waals surface area contributed by atoms with Gasteiger partial charge in [-0.15, -0.1) is 6.58 Å². The number of halogens is 2. The monoisotopic (exact) mass is 527 g/mol. The molecule has 4 heteroatoms. The third-order valence-electron chi connectivity index (χ3n) is 7.86. The number of allylic oxidation sites excluding steroid dienone is 3. The predicted molar refractivity (Wildman–Crippen MR) is 162 cm³/mol. The highest BCUT2D eigenvalue weighted by Gasteiger charge is 2.35. The summed E-state index contributed by atoms with van der Waals surface area (Å²) >= 11 is 0. The van der Waals surface area contributed by atoms with E-state index in [1.807, 2.05) is 24.8 Å². The van der Waals surface area contributed by atoms with E-state index >= 15 is 0 Å². The molecular formula is C33H64F2N2. The number of piperidine rings is 2. The molecule has 0 aromatic heterocycles. The van der Waals surface area contributed by atoms with Crippen LogP contribution >= 0.6 is 0 Å². The number of unbranched alkanes of at least 4 members (excludes halogenated alkanes) is 3. The molecule has 220 valence electrons. The van der Waals surface area contributed by atoms with Crippen LogP contribution < -0.4 is 0 Å². The van der Waals surface area contributed by atoms with Crippen molar-refractivity contribution < 1.29 is 8.78 Å². The minimum atomic E-state index is -2.44. The van der Waals surface area contributed by atoms with E-state index in [2.05, 4.69) is 66.0 Å². The minimum Gasteiger partial charge on any atom is -0.301 e. The molecule has 37 heavy (non-hydrogen) atoms. The molecule has 0 aromatic rings. The molecule has 2 fully saturated rings. The molecule has 0 radical (unpaired) electrons. The molecular weight excluding hydrogens is 462 g/mol. The van der Waals surface area contributed by atoms with Crippen LogP contribution in [0.25, 0.3) is 0 Å². The van der Waals surface area contributed by atoms with E-state index in [4.69, 9.17) is 0 Å². The lowest BCUT2D eigenvalue weighted by molar-refractivity contribution is -0.0715. The Kier molecular flexibility index (Phi) is 19.0. The number of alkyl halides is 2. The van der Waals surface area contributed by atoms with E-state index in [1.165, 1.54) is 70.9 Å². The van der Waals surface area contributed by atoms with Crippen LogP contribution in [0.5, 0.6) is 0 Å². The Balaban J connectivity index is 0.000000476. The Morgan fingerprint density at radius 1 is 0.892 bits per heavy atom. The molecule has 0 spiro atoms. The summed E-state index contributed by atoms with van der Waals surface area (Å²) in [5, 5.41) is 0. The second-order valence-electron chi connectivity index (χ2n) is 12.9. The first-order valence-electron chi connectivity index (χ1n) is 15.4. The van der Waals surface area contributed by atoms with Crippen LogP contribution in [-0.4, -0.2) is 54.0 Å². The van der Waals surface area contributed by atoms with E-state index < -0.39 is 5.92 Å². The maximum Gasteiger partial charge on any atom is 0.260 e. The molecule has 0 unspecified atom stereocenters. The van der Waals surface area contributed by atoms with Gasteiger partial charge in [-0.3, -0.25) is 4.90 Å². The van der Waals surface area contributed by atoms with Crippen molar-refractivity contribution in [3.05, 3.63) is 24.3 Å². The quantitative estimate of drug-likeness (QED) is 0.240. The van der Waals surface area contributed by atoms with E-state index in [0.29, 0.717) is 11.8 Å². The summed E-state index contributed by atoms with van der Waals surface area (Å²) in [6.07, 6.45) is 17.1. The highest BCUT2D eigenvalue weighted by atomic mass is 19.3. The van der Waals surface area contributed by atoms with Crippen LogP contribution in [0.1, 0.15) is 133 Å². The van der Waals surface area contributed by atoms with Crippen LogP contribution in [0.2, 0.25) is 0 Å². The summed E-state index contributed by atoms with van der Waals surface area (Å²) in [6, 6.07) is 0.993. The molecule has 2 nitrogen and oxygen atoms in total.